The molecule has 0 spiro atoms. The first kappa shape index (κ1) is 17.8. The third-order valence-electron chi connectivity index (χ3n) is 6.21. The summed E-state index contributed by atoms with van der Waals surface area (Å²) in [5.41, 5.74) is 2.42. The predicted octanol–water partition coefficient (Wildman–Crippen LogP) is 5.68. The molecule has 28 heavy (non-hydrogen) atoms. The lowest BCUT2D eigenvalue weighted by atomic mass is 9.85. The standard InChI is InChI=1S/C23H23ClN2O2/c24-19-9-3-1-7-17(19)22(27)25-23-21(18-8-2-4-10-20(18)28-23)15-11-13-26-12-5-6-16(26)14-15/h1-4,7-10,15-16H,5-6,11-14H2,(H,25,27). The van der Waals surface area contributed by atoms with E-state index >= 15 is 0 Å². The van der Waals surface area contributed by atoms with E-state index in [-0.39, 0.29) is 5.91 Å². The normalized spacial score (nSPS) is 22.3. The van der Waals surface area contributed by atoms with Gasteiger partial charge >= 0.3 is 0 Å². The van der Waals surface area contributed by atoms with Crippen LogP contribution in [0.1, 0.15) is 47.5 Å². The van der Waals surface area contributed by atoms with Gasteiger partial charge in [-0.3, -0.25) is 10.1 Å². The van der Waals surface area contributed by atoms with Gasteiger partial charge in [-0.1, -0.05) is 41.9 Å². The molecule has 2 unspecified atom stereocenters. The molecule has 4 nitrogen and oxygen atoms in total. The largest absolute Gasteiger partial charge is 0.440 e. The van der Waals surface area contributed by atoms with E-state index in [0.717, 1.165) is 35.9 Å². The number of para-hydroxylation sites is 1. The van der Waals surface area contributed by atoms with Crippen LogP contribution in [0, 0.1) is 0 Å². The summed E-state index contributed by atoms with van der Waals surface area (Å²) in [5, 5.41) is 4.56. The van der Waals surface area contributed by atoms with Gasteiger partial charge in [-0.2, -0.15) is 0 Å². The van der Waals surface area contributed by atoms with E-state index in [1.165, 1.54) is 19.4 Å². The maximum Gasteiger partial charge on any atom is 0.259 e. The van der Waals surface area contributed by atoms with Crippen LogP contribution < -0.4 is 5.32 Å². The Kier molecular flexibility index (Phi) is 4.61. The maximum absolute atomic E-state index is 12.9. The second-order valence-electron chi connectivity index (χ2n) is 7.83. The van der Waals surface area contributed by atoms with Crippen molar-refractivity contribution < 1.29 is 9.21 Å². The molecule has 2 fully saturated rings. The van der Waals surface area contributed by atoms with Crippen molar-refractivity contribution in [1.29, 1.82) is 0 Å². The van der Waals surface area contributed by atoms with Gasteiger partial charge in [0.2, 0.25) is 5.88 Å². The average Bonchev–Trinajstić information content (AvgIpc) is 3.31. The molecule has 2 aliphatic rings. The van der Waals surface area contributed by atoms with Crippen molar-refractivity contribution in [3.05, 3.63) is 64.7 Å². The minimum Gasteiger partial charge on any atom is -0.440 e. The SMILES string of the molecule is O=C(Nc1oc2ccccc2c1C1CCN2CCCC2C1)c1ccccc1Cl. The fourth-order valence-electron chi connectivity index (χ4n) is 4.87. The molecule has 0 aliphatic carbocycles. The number of nitrogens with one attached hydrogen (secondary N) is 1. The van der Waals surface area contributed by atoms with Gasteiger partial charge in [0.05, 0.1) is 10.6 Å². The number of nitrogens with zero attached hydrogens (tertiary/aromatic N) is 1. The lowest BCUT2D eigenvalue weighted by molar-refractivity contribution is 0.102. The van der Waals surface area contributed by atoms with Crippen LogP contribution in [-0.4, -0.2) is 29.9 Å². The summed E-state index contributed by atoms with van der Waals surface area (Å²) in [6, 6.07) is 15.8. The zero-order chi connectivity index (χ0) is 19.1. The first-order chi connectivity index (χ1) is 13.7. The van der Waals surface area contributed by atoms with Gasteiger partial charge in [-0.15, -0.1) is 0 Å². The Hall–Kier alpha value is -2.30. The van der Waals surface area contributed by atoms with Crippen molar-refractivity contribution in [3.63, 3.8) is 0 Å². The number of carbonyl (C=O) groups excluding carboxylic acids is 1. The molecule has 0 saturated carbocycles. The van der Waals surface area contributed by atoms with E-state index in [0.29, 0.717) is 28.4 Å². The molecular formula is C23H23ClN2O2. The van der Waals surface area contributed by atoms with Crippen LogP contribution >= 0.6 is 11.6 Å². The van der Waals surface area contributed by atoms with Gasteiger partial charge in [-0.05, 0) is 62.9 Å². The van der Waals surface area contributed by atoms with Crippen LogP contribution in [-0.2, 0) is 0 Å². The van der Waals surface area contributed by atoms with Gasteiger partial charge in [0.15, 0.2) is 0 Å². The Morgan fingerprint density at radius 1 is 1.07 bits per heavy atom. The Bertz CT molecular complexity index is 1030. The van der Waals surface area contributed by atoms with Crippen molar-refractivity contribution in [2.75, 3.05) is 18.4 Å². The van der Waals surface area contributed by atoms with E-state index in [1.54, 1.807) is 12.1 Å². The van der Waals surface area contributed by atoms with Gasteiger partial charge < -0.3 is 9.32 Å². The van der Waals surface area contributed by atoms with Crippen LogP contribution in [0.5, 0.6) is 0 Å². The summed E-state index contributed by atoms with van der Waals surface area (Å²) in [7, 11) is 0. The van der Waals surface area contributed by atoms with Crippen molar-refractivity contribution in [2.24, 2.45) is 0 Å². The van der Waals surface area contributed by atoms with Gasteiger partial charge in [-0.25, -0.2) is 0 Å². The first-order valence-corrected chi connectivity index (χ1v) is 10.4. The quantitative estimate of drug-likeness (QED) is 0.621. The fraction of sp³-hybridized carbons (Fsp3) is 0.348. The Morgan fingerprint density at radius 3 is 2.79 bits per heavy atom. The molecule has 2 aromatic carbocycles. The summed E-state index contributed by atoms with van der Waals surface area (Å²) < 4.78 is 6.11. The molecule has 5 heteroatoms. The zero-order valence-corrected chi connectivity index (χ0v) is 16.4. The second-order valence-corrected chi connectivity index (χ2v) is 8.24. The molecular weight excluding hydrogens is 372 g/mol. The molecule has 2 aliphatic heterocycles. The zero-order valence-electron chi connectivity index (χ0n) is 15.7. The molecule has 1 aromatic heterocycles. The second kappa shape index (κ2) is 7.26. The van der Waals surface area contributed by atoms with Gasteiger partial charge in [0.25, 0.3) is 5.91 Å². The van der Waals surface area contributed by atoms with E-state index in [9.17, 15) is 4.79 Å². The van der Waals surface area contributed by atoms with E-state index in [2.05, 4.69) is 16.3 Å². The molecule has 0 radical (unpaired) electrons. The van der Waals surface area contributed by atoms with E-state index < -0.39 is 0 Å². The summed E-state index contributed by atoms with van der Waals surface area (Å²) in [5.74, 6) is 0.733. The Labute approximate surface area is 169 Å². The number of halogens is 1. The lowest BCUT2D eigenvalue weighted by Crippen LogP contribution is -2.37. The fourth-order valence-corrected chi connectivity index (χ4v) is 5.09. The molecule has 5 rings (SSSR count). The number of hydrogen-bond acceptors (Lipinski definition) is 3. The molecule has 3 heterocycles. The van der Waals surface area contributed by atoms with Crippen molar-refractivity contribution in [3.8, 4) is 0 Å². The molecule has 2 atom stereocenters. The van der Waals surface area contributed by atoms with E-state index in [4.69, 9.17) is 16.0 Å². The van der Waals surface area contributed by atoms with Crippen LogP contribution in [0.15, 0.2) is 52.9 Å². The summed E-state index contributed by atoms with van der Waals surface area (Å²) in [4.78, 5) is 15.5. The number of furan rings is 1. The highest BCUT2D eigenvalue weighted by atomic mass is 35.5. The van der Waals surface area contributed by atoms with Gasteiger partial charge in [0.1, 0.15) is 5.58 Å². The van der Waals surface area contributed by atoms with Gasteiger partial charge in [0, 0.05) is 17.0 Å². The molecule has 3 aromatic rings. The van der Waals surface area contributed by atoms with Crippen LogP contribution in [0.25, 0.3) is 11.0 Å². The summed E-state index contributed by atoms with van der Waals surface area (Å²) in [6.45, 7) is 2.34. The molecule has 144 valence electrons. The average molecular weight is 395 g/mol. The molecule has 0 bridgehead atoms. The first-order valence-electron chi connectivity index (χ1n) is 10.0. The Morgan fingerprint density at radius 2 is 1.89 bits per heavy atom. The number of benzene rings is 2. The number of carbonyl (C=O) groups is 1. The topological polar surface area (TPSA) is 45.5 Å². The summed E-state index contributed by atoms with van der Waals surface area (Å²) >= 11 is 6.22. The van der Waals surface area contributed by atoms with Crippen LogP contribution in [0.3, 0.4) is 0 Å². The third kappa shape index (κ3) is 3.11. The smallest absolute Gasteiger partial charge is 0.259 e. The maximum atomic E-state index is 12.9. The highest BCUT2D eigenvalue weighted by molar-refractivity contribution is 6.34. The third-order valence-corrected chi connectivity index (χ3v) is 6.54. The highest BCUT2D eigenvalue weighted by Crippen LogP contribution is 2.43. The molecule has 2 saturated heterocycles. The van der Waals surface area contributed by atoms with Crippen molar-refractivity contribution in [2.45, 2.75) is 37.6 Å². The van der Waals surface area contributed by atoms with Crippen LogP contribution in [0.2, 0.25) is 5.02 Å². The summed E-state index contributed by atoms with van der Waals surface area (Å²) in [6.07, 6.45) is 4.78. The number of anilines is 1. The number of rotatable bonds is 3. The number of hydrogen-bond donors (Lipinski definition) is 1. The number of fused-ring (bicyclic) bond motifs is 2. The highest BCUT2D eigenvalue weighted by Gasteiger charge is 2.35. The number of amides is 1. The van der Waals surface area contributed by atoms with Crippen molar-refractivity contribution in [1.82, 2.24) is 4.90 Å². The monoisotopic (exact) mass is 394 g/mol. The van der Waals surface area contributed by atoms with Crippen LogP contribution in [0.4, 0.5) is 5.88 Å². The molecule has 1 amide bonds. The van der Waals surface area contributed by atoms with E-state index in [1.807, 2.05) is 30.3 Å². The minimum absolute atomic E-state index is 0.232. The molecule has 1 N–H and O–H groups in total. The predicted molar refractivity (Wildman–Crippen MR) is 112 cm³/mol. The number of piperidine rings is 1. The Balaban J connectivity index is 1.51. The minimum atomic E-state index is -0.232. The lowest BCUT2D eigenvalue weighted by Gasteiger charge is -2.35. The van der Waals surface area contributed by atoms with Crippen molar-refractivity contribution >= 4 is 34.4 Å².